The molecule has 0 aliphatic heterocycles. The first-order valence-electron chi connectivity index (χ1n) is 4.48. The van der Waals surface area contributed by atoms with Crippen molar-refractivity contribution in [1.82, 2.24) is 4.98 Å². The van der Waals surface area contributed by atoms with Crippen LogP contribution in [0.5, 0.6) is 5.88 Å². The summed E-state index contributed by atoms with van der Waals surface area (Å²) >= 11 is 0. The van der Waals surface area contributed by atoms with Crippen LogP contribution in [-0.2, 0) is 6.54 Å². The highest BCUT2D eigenvalue weighted by molar-refractivity contribution is 5.40. The molecule has 96 valence electrons. The Bertz CT molecular complexity index is 405. The van der Waals surface area contributed by atoms with Crippen LogP contribution in [0.1, 0.15) is 23.1 Å². The third kappa shape index (κ3) is 3.26. The van der Waals surface area contributed by atoms with Crippen LogP contribution in [0.25, 0.3) is 0 Å². The second-order valence-electron chi connectivity index (χ2n) is 3.18. The van der Waals surface area contributed by atoms with Gasteiger partial charge in [0, 0.05) is 12.7 Å². The highest BCUT2D eigenvalue weighted by Gasteiger charge is 2.35. The Morgan fingerprint density at radius 3 is 2.41 bits per heavy atom. The third-order valence-electron chi connectivity index (χ3n) is 2.10. The number of hydrogen-bond donors (Lipinski definition) is 1. The molecule has 0 aliphatic carbocycles. The summed E-state index contributed by atoms with van der Waals surface area (Å²) in [6.45, 7) is 1.15. The van der Waals surface area contributed by atoms with E-state index in [9.17, 15) is 22.0 Å². The number of rotatable bonds is 3. The minimum absolute atomic E-state index is 0.0447. The summed E-state index contributed by atoms with van der Waals surface area (Å²) in [7, 11) is 0. The standard InChI is InChI=1S/C9H9F5N2O/c1-4-5(2-15)3-16-8(6(4)7(10)11)17-9(12,13)14/h3,7H,2,15H2,1H3. The van der Waals surface area contributed by atoms with Crippen LogP contribution in [0.2, 0.25) is 0 Å². The van der Waals surface area contributed by atoms with Gasteiger partial charge in [-0.05, 0) is 18.1 Å². The quantitative estimate of drug-likeness (QED) is 0.846. The molecule has 1 heterocycles. The van der Waals surface area contributed by atoms with Gasteiger partial charge in [-0.1, -0.05) is 0 Å². The number of nitrogens with zero attached hydrogens (tertiary/aromatic N) is 1. The lowest BCUT2D eigenvalue weighted by Gasteiger charge is -2.15. The van der Waals surface area contributed by atoms with E-state index in [1.807, 2.05) is 0 Å². The fraction of sp³-hybridized carbons (Fsp3) is 0.444. The summed E-state index contributed by atoms with van der Waals surface area (Å²) in [5.74, 6) is -1.14. The number of alkyl halides is 5. The highest BCUT2D eigenvalue weighted by Crippen LogP contribution is 2.34. The minimum Gasteiger partial charge on any atom is -0.387 e. The second-order valence-corrected chi connectivity index (χ2v) is 3.18. The Morgan fingerprint density at radius 2 is 2.00 bits per heavy atom. The van der Waals surface area contributed by atoms with Gasteiger partial charge in [0.1, 0.15) is 0 Å². The van der Waals surface area contributed by atoms with E-state index < -0.39 is 24.2 Å². The zero-order chi connectivity index (χ0) is 13.2. The molecular weight excluding hydrogens is 247 g/mol. The van der Waals surface area contributed by atoms with Gasteiger partial charge in [0.25, 0.3) is 6.43 Å². The smallest absolute Gasteiger partial charge is 0.387 e. The fourth-order valence-electron chi connectivity index (χ4n) is 1.29. The molecule has 2 N–H and O–H groups in total. The molecule has 0 aromatic carbocycles. The second kappa shape index (κ2) is 4.82. The van der Waals surface area contributed by atoms with Crippen LogP contribution in [0.15, 0.2) is 6.20 Å². The van der Waals surface area contributed by atoms with Crippen molar-refractivity contribution in [2.24, 2.45) is 5.73 Å². The van der Waals surface area contributed by atoms with E-state index in [-0.39, 0.29) is 17.7 Å². The third-order valence-corrected chi connectivity index (χ3v) is 2.10. The van der Waals surface area contributed by atoms with E-state index >= 15 is 0 Å². The number of hydrogen-bond acceptors (Lipinski definition) is 3. The molecule has 1 rings (SSSR count). The Balaban J connectivity index is 3.27. The molecule has 0 saturated carbocycles. The van der Waals surface area contributed by atoms with Crippen molar-refractivity contribution in [2.75, 3.05) is 0 Å². The molecule has 0 atom stereocenters. The van der Waals surface area contributed by atoms with E-state index in [4.69, 9.17) is 5.73 Å². The summed E-state index contributed by atoms with van der Waals surface area (Å²) in [6, 6.07) is 0. The van der Waals surface area contributed by atoms with Crippen molar-refractivity contribution >= 4 is 0 Å². The van der Waals surface area contributed by atoms with Crippen LogP contribution >= 0.6 is 0 Å². The van der Waals surface area contributed by atoms with Crippen molar-refractivity contribution in [2.45, 2.75) is 26.3 Å². The number of ether oxygens (including phenoxy) is 1. The first-order chi connectivity index (χ1) is 7.76. The van der Waals surface area contributed by atoms with Crippen LogP contribution < -0.4 is 10.5 Å². The molecule has 0 saturated heterocycles. The average molecular weight is 256 g/mol. The SMILES string of the molecule is Cc1c(CN)cnc(OC(F)(F)F)c1C(F)F. The molecule has 1 aromatic rings. The van der Waals surface area contributed by atoms with Crippen molar-refractivity contribution in [3.8, 4) is 5.88 Å². The van der Waals surface area contributed by atoms with E-state index in [1.54, 1.807) is 0 Å². The topological polar surface area (TPSA) is 48.1 Å². The lowest BCUT2D eigenvalue weighted by atomic mass is 10.1. The molecule has 0 spiro atoms. The van der Waals surface area contributed by atoms with Gasteiger partial charge in [0.2, 0.25) is 5.88 Å². The van der Waals surface area contributed by atoms with Gasteiger partial charge >= 0.3 is 6.36 Å². The minimum atomic E-state index is -5.06. The Kier molecular flexibility index (Phi) is 3.87. The Labute approximate surface area is 93.4 Å². The van der Waals surface area contributed by atoms with Crippen molar-refractivity contribution in [3.63, 3.8) is 0 Å². The maximum atomic E-state index is 12.7. The van der Waals surface area contributed by atoms with Gasteiger partial charge in [0.15, 0.2) is 0 Å². The van der Waals surface area contributed by atoms with Crippen LogP contribution in [0.4, 0.5) is 22.0 Å². The molecule has 17 heavy (non-hydrogen) atoms. The summed E-state index contributed by atoms with van der Waals surface area (Å²) in [4.78, 5) is 3.21. The number of pyridine rings is 1. The molecule has 0 unspecified atom stereocenters. The zero-order valence-corrected chi connectivity index (χ0v) is 8.68. The number of nitrogens with two attached hydrogens (primary N) is 1. The largest absolute Gasteiger partial charge is 0.574 e. The normalized spacial score (nSPS) is 12.0. The predicted octanol–water partition coefficient (Wildman–Crippen LogP) is 2.68. The monoisotopic (exact) mass is 256 g/mol. The van der Waals surface area contributed by atoms with E-state index in [1.165, 1.54) is 6.92 Å². The van der Waals surface area contributed by atoms with Crippen molar-refractivity contribution < 1.29 is 26.7 Å². The molecule has 0 amide bonds. The molecule has 0 bridgehead atoms. The first-order valence-corrected chi connectivity index (χ1v) is 4.48. The lowest BCUT2D eigenvalue weighted by molar-refractivity contribution is -0.276. The highest BCUT2D eigenvalue weighted by atomic mass is 19.4. The molecular formula is C9H9F5N2O. The average Bonchev–Trinajstić information content (AvgIpc) is 2.14. The van der Waals surface area contributed by atoms with Gasteiger partial charge in [-0.2, -0.15) is 0 Å². The molecule has 1 aromatic heterocycles. The molecule has 8 heteroatoms. The summed E-state index contributed by atoms with van der Waals surface area (Å²) in [5.41, 5.74) is 4.57. The van der Waals surface area contributed by atoms with E-state index in [0.717, 1.165) is 6.20 Å². The van der Waals surface area contributed by atoms with Crippen LogP contribution in [-0.4, -0.2) is 11.3 Å². The molecule has 3 nitrogen and oxygen atoms in total. The number of halogens is 5. The van der Waals surface area contributed by atoms with Crippen molar-refractivity contribution in [3.05, 3.63) is 22.9 Å². The maximum absolute atomic E-state index is 12.7. The lowest BCUT2D eigenvalue weighted by Crippen LogP contribution is -2.20. The molecule has 0 fully saturated rings. The van der Waals surface area contributed by atoms with E-state index in [2.05, 4.69) is 9.72 Å². The van der Waals surface area contributed by atoms with Gasteiger partial charge in [0.05, 0.1) is 5.56 Å². The zero-order valence-electron chi connectivity index (χ0n) is 8.68. The molecule has 0 aliphatic rings. The summed E-state index contributed by atoms with van der Waals surface area (Å²) < 4.78 is 64.6. The van der Waals surface area contributed by atoms with Gasteiger partial charge < -0.3 is 10.5 Å². The van der Waals surface area contributed by atoms with Gasteiger partial charge in [-0.25, -0.2) is 13.8 Å². The van der Waals surface area contributed by atoms with E-state index in [0.29, 0.717) is 0 Å². The predicted molar refractivity (Wildman–Crippen MR) is 48.5 cm³/mol. The Morgan fingerprint density at radius 1 is 1.41 bits per heavy atom. The van der Waals surface area contributed by atoms with Crippen LogP contribution in [0, 0.1) is 6.92 Å². The summed E-state index contributed by atoms with van der Waals surface area (Å²) in [5, 5.41) is 0. The van der Waals surface area contributed by atoms with Gasteiger partial charge in [-0.15, -0.1) is 13.2 Å². The Hall–Kier alpha value is -1.44. The number of aromatic nitrogens is 1. The van der Waals surface area contributed by atoms with Gasteiger partial charge in [-0.3, -0.25) is 0 Å². The maximum Gasteiger partial charge on any atom is 0.574 e. The first kappa shape index (κ1) is 13.6. The van der Waals surface area contributed by atoms with Crippen molar-refractivity contribution in [1.29, 1.82) is 0 Å². The molecule has 0 radical (unpaired) electrons. The summed E-state index contributed by atoms with van der Waals surface area (Å²) in [6.07, 6.45) is -7.19. The van der Waals surface area contributed by atoms with Crippen LogP contribution in [0.3, 0.4) is 0 Å². The fourth-order valence-corrected chi connectivity index (χ4v) is 1.29.